The first kappa shape index (κ1) is 11.5. The lowest BCUT2D eigenvalue weighted by atomic mass is 10.3. The molecule has 2 N–H and O–H groups in total. The average molecular weight is 229 g/mol. The third kappa shape index (κ3) is 2.95. The second kappa shape index (κ2) is 4.31. The van der Waals surface area contributed by atoms with E-state index >= 15 is 0 Å². The van der Waals surface area contributed by atoms with Gasteiger partial charge >= 0.3 is 5.97 Å². The molecule has 1 aromatic carbocycles. The summed E-state index contributed by atoms with van der Waals surface area (Å²) < 4.78 is 27.4. The SMILES string of the molecule is COC(=O)CS(=O)(=O)c1ccc(N)cc1. The predicted octanol–water partition coefficient (Wildman–Crippen LogP) is 0.215. The lowest BCUT2D eigenvalue weighted by Crippen LogP contribution is -2.17. The number of anilines is 1. The highest BCUT2D eigenvalue weighted by Crippen LogP contribution is 2.13. The van der Waals surface area contributed by atoms with Gasteiger partial charge in [0.1, 0.15) is 0 Å². The summed E-state index contributed by atoms with van der Waals surface area (Å²) in [6, 6.07) is 5.63. The van der Waals surface area contributed by atoms with E-state index in [4.69, 9.17) is 5.73 Å². The van der Waals surface area contributed by atoms with Crippen LogP contribution in [0.4, 0.5) is 5.69 Å². The van der Waals surface area contributed by atoms with Crippen LogP contribution in [0.3, 0.4) is 0 Å². The number of methoxy groups -OCH3 is 1. The third-order valence-electron chi connectivity index (χ3n) is 1.77. The lowest BCUT2D eigenvalue weighted by Gasteiger charge is -2.03. The molecule has 0 atom stereocenters. The fraction of sp³-hybridized carbons (Fsp3) is 0.222. The summed E-state index contributed by atoms with van der Waals surface area (Å²) in [5, 5.41) is 0. The molecule has 0 aliphatic carbocycles. The first-order valence-corrected chi connectivity index (χ1v) is 5.76. The van der Waals surface area contributed by atoms with E-state index in [1.807, 2.05) is 0 Å². The standard InChI is InChI=1S/C9H11NO4S/c1-14-9(11)6-15(12,13)8-4-2-7(10)3-5-8/h2-5H,6,10H2,1H3. The highest BCUT2D eigenvalue weighted by molar-refractivity contribution is 7.92. The van der Waals surface area contributed by atoms with Gasteiger partial charge in [-0.2, -0.15) is 0 Å². The molecule has 15 heavy (non-hydrogen) atoms. The Morgan fingerprint density at radius 3 is 2.33 bits per heavy atom. The Bertz CT molecular complexity index is 450. The molecule has 0 fully saturated rings. The first-order valence-electron chi connectivity index (χ1n) is 4.11. The molecule has 6 heteroatoms. The fourth-order valence-corrected chi connectivity index (χ4v) is 2.12. The molecule has 0 spiro atoms. The Morgan fingerprint density at radius 2 is 1.87 bits per heavy atom. The molecule has 82 valence electrons. The van der Waals surface area contributed by atoms with Crippen molar-refractivity contribution in [2.75, 3.05) is 18.6 Å². The van der Waals surface area contributed by atoms with Crippen LogP contribution in [0.2, 0.25) is 0 Å². The molecule has 0 aliphatic heterocycles. The van der Waals surface area contributed by atoms with E-state index in [9.17, 15) is 13.2 Å². The maximum absolute atomic E-state index is 11.6. The topological polar surface area (TPSA) is 86.5 Å². The van der Waals surface area contributed by atoms with Gasteiger partial charge in [0.05, 0.1) is 12.0 Å². The Balaban J connectivity index is 2.96. The normalized spacial score (nSPS) is 11.0. The van der Waals surface area contributed by atoms with Crippen LogP contribution >= 0.6 is 0 Å². The molecule has 0 saturated carbocycles. The summed E-state index contributed by atoms with van der Waals surface area (Å²) in [6.45, 7) is 0. The van der Waals surface area contributed by atoms with Gasteiger partial charge < -0.3 is 10.5 Å². The van der Waals surface area contributed by atoms with Crippen molar-refractivity contribution in [2.24, 2.45) is 0 Å². The Morgan fingerprint density at radius 1 is 1.33 bits per heavy atom. The molecule has 0 radical (unpaired) electrons. The quantitative estimate of drug-likeness (QED) is 0.591. The number of ether oxygens (including phenoxy) is 1. The second-order valence-electron chi connectivity index (χ2n) is 2.90. The minimum absolute atomic E-state index is 0.0575. The first-order chi connectivity index (χ1) is 6.95. The van der Waals surface area contributed by atoms with Crippen LogP contribution in [-0.4, -0.2) is 27.2 Å². The van der Waals surface area contributed by atoms with Crippen LogP contribution in [-0.2, 0) is 19.4 Å². The van der Waals surface area contributed by atoms with E-state index in [0.717, 1.165) is 7.11 Å². The molecule has 0 saturated heterocycles. The van der Waals surface area contributed by atoms with Crippen molar-refractivity contribution < 1.29 is 17.9 Å². The van der Waals surface area contributed by atoms with E-state index in [0.29, 0.717) is 5.69 Å². The number of carbonyl (C=O) groups is 1. The molecular weight excluding hydrogens is 218 g/mol. The Labute approximate surface area is 87.8 Å². The number of rotatable bonds is 3. The number of carbonyl (C=O) groups excluding carboxylic acids is 1. The Hall–Kier alpha value is -1.56. The molecule has 0 bridgehead atoms. The summed E-state index contributed by atoms with van der Waals surface area (Å²) in [5.41, 5.74) is 5.88. The molecule has 0 amide bonds. The highest BCUT2D eigenvalue weighted by atomic mass is 32.2. The summed E-state index contributed by atoms with van der Waals surface area (Å²) >= 11 is 0. The molecular formula is C9H11NO4S. The lowest BCUT2D eigenvalue weighted by molar-refractivity contribution is -0.137. The van der Waals surface area contributed by atoms with Crippen LogP contribution in [0.5, 0.6) is 0 Å². The van der Waals surface area contributed by atoms with Gasteiger partial charge in [-0.15, -0.1) is 0 Å². The average Bonchev–Trinajstić information content (AvgIpc) is 2.17. The van der Waals surface area contributed by atoms with Gasteiger partial charge in [0.25, 0.3) is 0 Å². The largest absolute Gasteiger partial charge is 0.468 e. The Kier molecular flexibility index (Phi) is 3.31. The van der Waals surface area contributed by atoms with Crippen LogP contribution < -0.4 is 5.73 Å². The van der Waals surface area contributed by atoms with E-state index in [-0.39, 0.29) is 4.90 Å². The molecule has 0 heterocycles. The van der Waals surface area contributed by atoms with Crippen molar-refractivity contribution in [1.29, 1.82) is 0 Å². The van der Waals surface area contributed by atoms with Crippen molar-refractivity contribution >= 4 is 21.5 Å². The molecule has 5 nitrogen and oxygen atoms in total. The van der Waals surface area contributed by atoms with Gasteiger partial charge in [0.2, 0.25) is 0 Å². The number of nitrogens with two attached hydrogens (primary N) is 1. The molecule has 0 aromatic heterocycles. The van der Waals surface area contributed by atoms with Gasteiger partial charge in [-0.1, -0.05) is 0 Å². The van der Waals surface area contributed by atoms with Gasteiger partial charge in [-0.05, 0) is 24.3 Å². The second-order valence-corrected chi connectivity index (χ2v) is 4.89. The maximum Gasteiger partial charge on any atom is 0.321 e. The van der Waals surface area contributed by atoms with Gasteiger partial charge in [-0.3, -0.25) is 4.79 Å². The van der Waals surface area contributed by atoms with E-state index in [2.05, 4.69) is 4.74 Å². The van der Waals surface area contributed by atoms with Crippen molar-refractivity contribution in [3.63, 3.8) is 0 Å². The van der Waals surface area contributed by atoms with Gasteiger partial charge in [0.15, 0.2) is 15.6 Å². The highest BCUT2D eigenvalue weighted by Gasteiger charge is 2.19. The number of hydrogen-bond acceptors (Lipinski definition) is 5. The van der Waals surface area contributed by atoms with Crippen LogP contribution in [0.1, 0.15) is 0 Å². The van der Waals surface area contributed by atoms with Crippen LogP contribution in [0, 0.1) is 0 Å². The third-order valence-corrected chi connectivity index (χ3v) is 3.38. The number of sulfone groups is 1. The van der Waals surface area contributed by atoms with Crippen molar-refractivity contribution in [3.8, 4) is 0 Å². The fourth-order valence-electron chi connectivity index (χ4n) is 0.973. The van der Waals surface area contributed by atoms with E-state index in [1.165, 1.54) is 24.3 Å². The summed E-state index contributed by atoms with van der Waals surface area (Å²) in [7, 11) is -2.48. The smallest absolute Gasteiger partial charge is 0.321 e. The zero-order chi connectivity index (χ0) is 11.5. The molecule has 0 aliphatic rings. The van der Waals surface area contributed by atoms with E-state index < -0.39 is 21.6 Å². The number of benzene rings is 1. The van der Waals surface area contributed by atoms with Crippen LogP contribution in [0.25, 0.3) is 0 Å². The number of hydrogen-bond donors (Lipinski definition) is 1. The van der Waals surface area contributed by atoms with Crippen molar-refractivity contribution in [3.05, 3.63) is 24.3 Å². The van der Waals surface area contributed by atoms with Crippen LogP contribution in [0.15, 0.2) is 29.2 Å². The van der Waals surface area contributed by atoms with Gasteiger partial charge in [0, 0.05) is 5.69 Å². The zero-order valence-electron chi connectivity index (χ0n) is 8.14. The van der Waals surface area contributed by atoms with Gasteiger partial charge in [-0.25, -0.2) is 8.42 Å². The maximum atomic E-state index is 11.6. The summed E-state index contributed by atoms with van der Waals surface area (Å²) in [5.74, 6) is -1.44. The minimum atomic E-state index is -3.62. The van der Waals surface area contributed by atoms with E-state index in [1.54, 1.807) is 0 Å². The zero-order valence-corrected chi connectivity index (χ0v) is 8.95. The summed E-state index contributed by atoms with van der Waals surface area (Å²) in [4.78, 5) is 10.9. The monoisotopic (exact) mass is 229 g/mol. The van der Waals surface area contributed by atoms with Crippen molar-refractivity contribution in [1.82, 2.24) is 0 Å². The molecule has 1 aromatic rings. The number of nitrogen functional groups attached to an aromatic ring is 1. The minimum Gasteiger partial charge on any atom is -0.468 e. The molecule has 1 rings (SSSR count). The van der Waals surface area contributed by atoms with Crippen molar-refractivity contribution in [2.45, 2.75) is 4.90 Å². The predicted molar refractivity (Wildman–Crippen MR) is 54.9 cm³/mol. The molecule has 0 unspecified atom stereocenters. The number of esters is 1. The summed E-state index contributed by atoms with van der Waals surface area (Å²) in [6.07, 6.45) is 0.